The Balaban J connectivity index is 3.53. The van der Waals surface area contributed by atoms with E-state index in [0.717, 1.165) is 6.26 Å². The summed E-state index contributed by atoms with van der Waals surface area (Å²) in [5, 5.41) is 8.81. The molecule has 0 fully saturated rings. The number of sulfone groups is 1. The summed E-state index contributed by atoms with van der Waals surface area (Å²) in [7, 11) is -3.51. The standard InChI is InChI=1S/C9H10BrNO4S/c1-16(14,15)6-4-2-3-5(10)7(6)8(11)9(12)13/h2-4,8H,11H2,1H3,(H,12,13). The maximum Gasteiger partial charge on any atom is 0.325 e. The molecule has 0 spiro atoms. The van der Waals surface area contributed by atoms with Crippen molar-refractivity contribution in [2.24, 2.45) is 5.73 Å². The van der Waals surface area contributed by atoms with Crippen LogP contribution in [-0.2, 0) is 14.6 Å². The molecule has 0 bridgehead atoms. The number of hydrogen-bond acceptors (Lipinski definition) is 4. The van der Waals surface area contributed by atoms with Gasteiger partial charge in [0.1, 0.15) is 6.04 Å². The van der Waals surface area contributed by atoms with Crippen LogP contribution in [0, 0.1) is 0 Å². The number of halogens is 1. The van der Waals surface area contributed by atoms with E-state index >= 15 is 0 Å². The van der Waals surface area contributed by atoms with Gasteiger partial charge in [-0.1, -0.05) is 22.0 Å². The molecule has 0 saturated carbocycles. The minimum absolute atomic E-state index is 0.0671. The lowest BCUT2D eigenvalue weighted by atomic mass is 10.1. The van der Waals surface area contributed by atoms with Crippen LogP contribution in [-0.4, -0.2) is 25.7 Å². The maximum atomic E-state index is 11.5. The number of carbonyl (C=O) groups is 1. The van der Waals surface area contributed by atoms with Gasteiger partial charge in [0, 0.05) is 16.3 Å². The maximum absolute atomic E-state index is 11.5. The zero-order valence-electron chi connectivity index (χ0n) is 8.34. The average Bonchev–Trinajstić information content (AvgIpc) is 2.14. The third kappa shape index (κ3) is 2.60. The predicted molar refractivity (Wildman–Crippen MR) is 61.8 cm³/mol. The molecule has 0 saturated heterocycles. The summed E-state index contributed by atoms with van der Waals surface area (Å²) in [6, 6.07) is 3.02. The Hall–Kier alpha value is -0.920. The molecule has 1 aromatic rings. The van der Waals surface area contributed by atoms with Crippen molar-refractivity contribution in [3.63, 3.8) is 0 Å². The van der Waals surface area contributed by atoms with Crippen molar-refractivity contribution in [2.45, 2.75) is 10.9 Å². The first-order valence-electron chi connectivity index (χ1n) is 4.22. The van der Waals surface area contributed by atoms with Crippen molar-refractivity contribution >= 4 is 31.7 Å². The van der Waals surface area contributed by atoms with E-state index in [1.165, 1.54) is 12.1 Å². The minimum Gasteiger partial charge on any atom is -0.480 e. The van der Waals surface area contributed by atoms with Crippen molar-refractivity contribution < 1.29 is 18.3 Å². The topological polar surface area (TPSA) is 97.5 Å². The van der Waals surface area contributed by atoms with Crippen LogP contribution in [0.25, 0.3) is 0 Å². The third-order valence-electron chi connectivity index (χ3n) is 1.99. The molecule has 1 rings (SSSR count). The van der Waals surface area contributed by atoms with E-state index in [4.69, 9.17) is 10.8 Å². The number of benzene rings is 1. The number of carboxylic acids is 1. The number of hydrogen-bond donors (Lipinski definition) is 2. The van der Waals surface area contributed by atoms with Gasteiger partial charge in [-0.05, 0) is 12.1 Å². The molecule has 1 aromatic carbocycles. The SMILES string of the molecule is CS(=O)(=O)c1cccc(Br)c1C(N)C(=O)O. The van der Waals surface area contributed by atoms with E-state index in [9.17, 15) is 13.2 Å². The summed E-state index contributed by atoms with van der Waals surface area (Å²) in [6.45, 7) is 0. The Morgan fingerprint density at radius 2 is 2.06 bits per heavy atom. The summed E-state index contributed by atoms with van der Waals surface area (Å²) < 4.78 is 23.3. The highest BCUT2D eigenvalue weighted by atomic mass is 79.9. The fourth-order valence-corrected chi connectivity index (χ4v) is 2.97. The summed E-state index contributed by atoms with van der Waals surface area (Å²) in [5.74, 6) is -1.28. The third-order valence-corrected chi connectivity index (χ3v) is 3.84. The van der Waals surface area contributed by atoms with E-state index in [1.54, 1.807) is 6.07 Å². The second-order valence-corrected chi connectivity index (χ2v) is 6.08. The van der Waals surface area contributed by atoms with Crippen molar-refractivity contribution in [3.05, 3.63) is 28.2 Å². The first-order chi connectivity index (χ1) is 7.25. The lowest BCUT2D eigenvalue weighted by Crippen LogP contribution is -2.23. The van der Waals surface area contributed by atoms with E-state index in [-0.39, 0.29) is 10.5 Å². The van der Waals surface area contributed by atoms with E-state index < -0.39 is 21.8 Å². The Bertz CT molecular complexity index is 526. The fraction of sp³-hybridized carbons (Fsp3) is 0.222. The molecule has 0 radical (unpaired) electrons. The van der Waals surface area contributed by atoms with Gasteiger partial charge in [0.2, 0.25) is 0 Å². The summed E-state index contributed by atoms with van der Waals surface area (Å²) in [4.78, 5) is 10.7. The molecule has 88 valence electrons. The molecule has 0 aromatic heterocycles. The molecule has 0 heterocycles. The van der Waals surface area contributed by atoms with E-state index in [1.807, 2.05) is 0 Å². The Morgan fingerprint density at radius 3 is 2.50 bits per heavy atom. The second kappa shape index (κ2) is 4.52. The predicted octanol–water partition coefficient (Wildman–Crippen LogP) is 0.937. The minimum atomic E-state index is -3.51. The van der Waals surface area contributed by atoms with Crippen LogP contribution in [0.2, 0.25) is 0 Å². The molecule has 0 aliphatic rings. The quantitative estimate of drug-likeness (QED) is 0.866. The van der Waals surface area contributed by atoms with Gasteiger partial charge in [-0.2, -0.15) is 0 Å². The molecule has 5 nitrogen and oxygen atoms in total. The molecule has 0 aliphatic heterocycles. The first-order valence-corrected chi connectivity index (χ1v) is 6.90. The van der Waals surface area contributed by atoms with Gasteiger partial charge in [0.05, 0.1) is 4.90 Å². The monoisotopic (exact) mass is 307 g/mol. The highest BCUT2D eigenvalue weighted by Gasteiger charge is 2.24. The van der Waals surface area contributed by atoms with Crippen LogP contribution >= 0.6 is 15.9 Å². The number of rotatable bonds is 3. The van der Waals surface area contributed by atoms with Gasteiger partial charge in [0.25, 0.3) is 0 Å². The molecule has 16 heavy (non-hydrogen) atoms. The largest absolute Gasteiger partial charge is 0.480 e. The summed E-state index contributed by atoms with van der Waals surface area (Å²) in [6.07, 6.45) is 1.01. The average molecular weight is 308 g/mol. The van der Waals surface area contributed by atoms with Crippen LogP contribution < -0.4 is 5.73 Å². The zero-order valence-corrected chi connectivity index (χ0v) is 10.7. The van der Waals surface area contributed by atoms with Crippen molar-refractivity contribution in [1.29, 1.82) is 0 Å². The van der Waals surface area contributed by atoms with Gasteiger partial charge in [-0.25, -0.2) is 8.42 Å². The number of aliphatic carboxylic acids is 1. The molecular formula is C9H10BrNO4S. The van der Waals surface area contributed by atoms with Gasteiger partial charge < -0.3 is 10.8 Å². The molecule has 0 amide bonds. The lowest BCUT2D eigenvalue weighted by Gasteiger charge is -2.13. The van der Waals surface area contributed by atoms with Crippen LogP contribution in [0.15, 0.2) is 27.6 Å². The number of carboxylic acid groups (broad SMARTS) is 1. The van der Waals surface area contributed by atoms with Crippen LogP contribution in [0.4, 0.5) is 0 Å². The van der Waals surface area contributed by atoms with Crippen molar-refractivity contribution in [1.82, 2.24) is 0 Å². The number of nitrogens with two attached hydrogens (primary N) is 1. The first kappa shape index (κ1) is 13.1. The zero-order chi connectivity index (χ0) is 12.5. The lowest BCUT2D eigenvalue weighted by molar-refractivity contribution is -0.138. The van der Waals surface area contributed by atoms with E-state index in [2.05, 4.69) is 15.9 Å². The fourth-order valence-electron chi connectivity index (χ4n) is 1.27. The van der Waals surface area contributed by atoms with Crippen LogP contribution in [0.1, 0.15) is 11.6 Å². The van der Waals surface area contributed by atoms with Gasteiger partial charge >= 0.3 is 5.97 Å². The highest BCUT2D eigenvalue weighted by molar-refractivity contribution is 9.10. The Morgan fingerprint density at radius 1 is 1.50 bits per heavy atom. The second-order valence-electron chi connectivity index (χ2n) is 3.24. The van der Waals surface area contributed by atoms with Gasteiger partial charge in [0.15, 0.2) is 9.84 Å². The molecule has 0 aliphatic carbocycles. The smallest absolute Gasteiger partial charge is 0.325 e. The van der Waals surface area contributed by atoms with Crippen LogP contribution in [0.3, 0.4) is 0 Å². The van der Waals surface area contributed by atoms with E-state index in [0.29, 0.717) is 4.47 Å². The van der Waals surface area contributed by atoms with Crippen LogP contribution in [0.5, 0.6) is 0 Å². The highest BCUT2D eigenvalue weighted by Crippen LogP contribution is 2.29. The molecule has 1 atom stereocenters. The molecular weight excluding hydrogens is 298 g/mol. The Labute approximate surface area is 101 Å². The normalized spacial score (nSPS) is 13.4. The van der Waals surface area contributed by atoms with Crippen molar-refractivity contribution in [2.75, 3.05) is 6.26 Å². The summed E-state index contributed by atoms with van der Waals surface area (Å²) in [5.41, 5.74) is 5.51. The van der Waals surface area contributed by atoms with Gasteiger partial charge in [-0.15, -0.1) is 0 Å². The molecule has 3 N–H and O–H groups in total. The Kier molecular flexibility index (Phi) is 3.72. The molecule has 7 heteroatoms. The van der Waals surface area contributed by atoms with Gasteiger partial charge in [-0.3, -0.25) is 4.79 Å². The van der Waals surface area contributed by atoms with Crippen molar-refractivity contribution in [3.8, 4) is 0 Å². The summed E-state index contributed by atoms with van der Waals surface area (Å²) >= 11 is 3.10. The molecule has 1 unspecified atom stereocenters.